The molecule has 0 aliphatic rings. The van der Waals surface area contributed by atoms with E-state index < -0.39 is 0 Å². The van der Waals surface area contributed by atoms with Crippen LogP contribution in [0.1, 0.15) is 22.3 Å². The summed E-state index contributed by atoms with van der Waals surface area (Å²) in [5.41, 5.74) is 3.25. The molecule has 3 aromatic rings. The second-order valence-corrected chi connectivity index (χ2v) is 5.53. The van der Waals surface area contributed by atoms with E-state index in [1.54, 1.807) is 36.4 Å². The third-order valence-electron chi connectivity index (χ3n) is 3.98. The van der Waals surface area contributed by atoms with Gasteiger partial charge < -0.3 is 15.3 Å². The Morgan fingerprint density at radius 1 is 0.478 bits per heavy atom. The molecule has 0 bridgehead atoms. The van der Waals surface area contributed by atoms with Gasteiger partial charge in [-0.1, -0.05) is 48.5 Å². The monoisotopic (exact) mass is 306 g/mol. The van der Waals surface area contributed by atoms with Gasteiger partial charge in [0.05, 0.1) is 0 Å². The van der Waals surface area contributed by atoms with Crippen LogP contribution in [-0.2, 0) is 12.8 Å². The summed E-state index contributed by atoms with van der Waals surface area (Å²) >= 11 is 0. The molecule has 0 radical (unpaired) electrons. The predicted octanol–water partition coefficient (Wildman–Crippen LogP) is 3.99. The number of hydrogen-bond acceptors (Lipinski definition) is 3. The third-order valence-corrected chi connectivity index (χ3v) is 3.98. The lowest BCUT2D eigenvalue weighted by molar-refractivity contribution is 0.461. The van der Waals surface area contributed by atoms with Gasteiger partial charge >= 0.3 is 0 Å². The maximum atomic E-state index is 10.2. The summed E-state index contributed by atoms with van der Waals surface area (Å²) in [5.74, 6) is 0.648. The number of para-hydroxylation sites is 2. The first kappa shape index (κ1) is 15.0. The van der Waals surface area contributed by atoms with Gasteiger partial charge in [0.2, 0.25) is 0 Å². The van der Waals surface area contributed by atoms with Crippen LogP contribution < -0.4 is 0 Å². The lowest BCUT2D eigenvalue weighted by Gasteiger charge is -2.13. The lowest BCUT2D eigenvalue weighted by Crippen LogP contribution is -1.98. The zero-order valence-corrected chi connectivity index (χ0v) is 12.6. The van der Waals surface area contributed by atoms with Crippen molar-refractivity contribution in [1.29, 1.82) is 0 Å². The molecule has 3 rings (SSSR count). The average molecular weight is 306 g/mol. The van der Waals surface area contributed by atoms with Gasteiger partial charge in [-0.25, -0.2) is 0 Å². The van der Waals surface area contributed by atoms with Gasteiger partial charge in [-0.05, 0) is 34.9 Å². The summed E-state index contributed by atoms with van der Waals surface area (Å²) < 4.78 is 0. The zero-order chi connectivity index (χ0) is 16.2. The highest BCUT2D eigenvalue weighted by atomic mass is 16.3. The highest BCUT2D eigenvalue weighted by Gasteiger charge is 2.12. The molecule has 0 unspecified atom stereocenters. The zero-order valence-electron chi connectivity index (χ0n) is 12.6. The average Bonchev–Trinajstić information content (AvgIpc) is 2.54. The van der Waals surface area contributed by atoms with E-state index in [-0.39, 0.29) is 17.2 Å². The number of hydrogen-bond donors (Lipinski definition) is 3. The third kappa shape index (κ3) is 3.29. The van der Waals surface area contributed by atoms with Crippen LogP contribution in [0.2, 0.25) is 0 Å². The molecular weight excluding hydrogens is 288 g/mol. The van der Waals surface area contributed by atoms with Crippen molar-refractivity contribution >= 4 is 0 Å². The summed E-state index contributed by atoms with van der Waals surface area (Å²) in [6.45, 7) is 0. The van der Waals surface area contributed by atoms with Crippen molar-refractivity contribution in [3.63, 3.8) is 0 Å². The van der Waals surface area contributed by atoms with Gasteiger partial charge in [0.25, 0.3) is 0 Å². The van der Waals surface area contributed by atoms with Crippen LogP contribution in [-0.4, -0.2) is 15.3 Å². The molecule has 0 saturated heterocycles. The highest BCUT2D eigenvalue weighted by Crippen LogP contribution is 2.30. The van der Waals surface area contributed by atoms with Crippen molar-refractivity contribution in [3.05, 3.63) is 89.0 Å². The second kappa shape index (κ2) is 6.44. The summed E-state index contributed by atoms with van der Waals surface area (Å²) in [5, 5.41) is 30.2. The Kier molecular flexibility index (Phi) is 4.20. The molecule has 0 aromatic heterocycles. The van der Waals surface area contributed by atoms with Gasteiger partial charge in [-0.15, -0.1) is 0 Å². The summed E-state index contributed by atoms with van der Waals surface area (Å²) in [6, 6.07) is 19.6. The molecule has 3 aromatic carbocycles. The van der Waals surface area contributed by atoms with Crippen LogP contribution in [0.15, 0.2) is 66.7 Å². The maximum Gasteiger partial charge on any atom is 0.119 e. The molecule has 3 N–H and O–H groups in total. The summed E-state index contributed by atoms with van der Waals surface area (Å²) in [6.07, 6.45) is 0.951. The second-order valence-electron chi connectivity index (χ2n) is 5.53. The van der Waals surface area contributed by atoms with Crippen molar-refractivity contribution in [2.75, 3.05) is 0 Å². The van der Waals surface area contributed by atoms with E-state index in [1.807, 2.05) is 30.3 Å². The summed E-state index contributed by atoms with van der Waals surface area (Å²) in [4.78, 5) is 0. The summed E-state index contributed by atoms with van der Waals surface area (Å²) in [7, 11) is 0. The topological polar surface area (TPSA) is 60.7 Å². The van der Waals surface area contributed by atoms with Crippen LogP contribution in [0, 0.1) is 0 Å². The quantitative estimate of drug-likeness (QED) is 0.683. The Morgan fingerprint density at radius 3 is 1.57 bits per heavy atom. The van der Waals surface area contributed by atoms with E-state index in [1.165, 1.54) is 0 Å². The first-order valence-corrected chi connectivity index (χ1v) is 7.48. The molecule has 3 nitrogen and oxygen atoms in total. The molecule has 0 aliphatic carbocycles. The fourth-order valence-electron chi connectivity index (χ4n) is 2.71. The first-order valence-electron chi connectivity index (χ1n) is 7.48. The van der Waals surface area contributed by atoms with Gasteiger partial charge in [0, 0.05) is 18.4 Å². The molecule has 23 heavy (non-hydrogen) atoms. The fourth-order valence-corrected chi connectivity index (χ4v) is 2.71. The molecule has 3 heteroatoms. The minimum atomic E-state index is 0.196. The standard InChI is InChI=1S/C20H18O3/c21-18-9-3-1-6-15(18)12-14-8-5-11-20(23)17(14)13-16-7-2-4-10-19(16)22/h1-11,21-23H,12-13H2. The lowest BCUT2D eigenvalue weighted by atomic mass is 9.94. The van der Waals surface area contributed by atoms with Gasteiger partial charge in [0.15, 0.2) is 0 Å². The molecule has 0 amide bonds. The Morgan fingerprint density at radius 2 is 0.957 bits per heavy atom. The molecule has 0 saturated carbocycles. The fraction of sp³-hybridized carbons (Fsp3) is 0.100. The molecule has 0 spiro atoms. The Bertz CT molecular complexity index is 825. The minimum Gasteiger partial charge on any atom is -0.508 e. The molecule has 116 valence electrons. The van der Waals surface area contributed by atoms with Crippen LogP contribution in [0.25, 0.3) is 0 Å². The Labute approximate surface area is 135 Å². The molecular formula is C20H18O3. The largest absolute Gasteiger partial charge is 0.508 e. The molecule has 0 fully saturated rings. The van der Waals surface area contributed by atoms with Gasteiger partial charge in [-0.3, -0.25) is 0 Å². The van der Waals surface area contributed by atoms with Crippen molar-refractivity contribution in [2.45, 2.75) is 12.8 Å². The smallest absolute Gasteiger partial charge is 0.119 e. The van der Waals surface area contributed by atoms with Gasteiger partial charge in [0.1, 0.15) is 17.2 Å². The highest BCUT2D eigenvalue weighted by molar-refractivity contribution is 5.48. The number of rotatable bonds is 4. The Hall–Kier alpha value is -2.94. The van der Waals surface area contributed by atoms with Crippen molar-refractivity contribution in [3.8, 4) is 17.2 Å². The predicted molar refractivity (Wildman–Crippen MR) is 89.9 cm³/mol. The number of phenolic OH excluding ortho intramolecular Hbond substituents is 3. The minimum absolute atomic E-state index is 0.196. The van der Waals surface area contributed by atoms with E-state index in [0.29, 0.717) is 12.8 Å². The normalized spacial score (nSPS) is 10.6. The first-order chi connectivity index (χ1) is 11.1. The van der Waals surface area contributed by atoms with Crippen LogP contribution >= 0.6 is 0 Å². The number of aromatic hydroxyl groups is 3. The van der Waals surface area contributed by atoms with Crippen molar-refractivity contribution in [2.24, 2.45) is 0 Å². The molecule has 0 aliphatic heterocycles. The maximum absolute atomic E-state index is 10.2. The van der Waals surface area contributed by atoms with E-state index in [2.05, 4.69) is 0 Å². The van der Waals surface area contributed by atoms with Crippen LogP contribution in [0.3, 0.4) is 0 Å². The SMILES string of the molecule is Oc1ccccc1Cc1cccc(O)c1Cc1ccccc1O. The van der Waals surface area contributed by atoms with E-state index in [0.717, 1.165) is 22.3 Å². The van der Waals surface area contributed by atoms with E-state index in [9.17, 15) is 15.3 Å². The van der Waals surface area contributed by atoms with Crippen LogP contribution in [0.4, 0.5) is 0 Å². The van der Waals surface area contributed by atoms with Crippen molar-refractivity contribution in [1.82, 2.24) is 0 Å². The van der Waals surface area contributed by atoms with Crippen LogP contribution in [0.5, 0.6) is 17.2 Å². The number of phenols is 3. The van der Waals surface area contributed by atoms with E-state index in [4.69, 9.17) is 0 Å². The van der Waals surface area contributed by atoms with Crippen molar-refractivity contribution < 1.29 is 15.3 Å². The molecule has 0 atom stereocenters. The molecule has 0 heterocycles. The number of benzene rings is 3. The van der Waals surface area contributed by atoms with Gasteiger partial charge in [-0.2, -0.15) is 0 Å². The Balaban J connectivity index is 1.97. The van der Waals surface area contributed by atoms with E-state index >= 15 is 0 Å².